The molecule has 0 aliphatic rings. The van der Waals surface area contributed by atoms with Crippen LogP contribution in [0.2, 0.25) is 5.15 Å². The van der Waals surface area contributed by atoms with Crippen LogP contribution in [0.3, 0.4) is 0 Å². The highest BCUT2D eigenvalue weighted by Crippen LogP contribution is 2.16. The maximum Gasteiger partial charge on any atom is 0.341 e. The second-order valence-corrected chi connectivity index (χ2v) is 5.58. The molecule has 0 atom stereocenters. The van der Waals surface area contributed by atoms with Gasteiger partial charge >= 0.3 is 11.9 Å². The molecule has 2 heterocycles. The average Bonchev–Trinajstić information content (AvgIpc) is 2.99. The minimum Gasteiger partial charge on any atom is -0.469 e. The Morgan fingerprint density at radius 1 is 1.38 bits per heavy atom. The van der Waals surface area contributed by atoms with Crippen molar-refractivity contribution < 1.29 is 23.9 Å². The molecule has 0 spiro atoms. The Balaban J connectivity index is 1.84. The van der Waals surface area contributed by atoms with Crippen molar-refractivity contribution in [3.8, 4) is 0 Å². The molecule has 0 bridgehead atoms. The Kier molecular flexibility index (Phi) is 6.21. The van der Waals surface area contributed by atoms with E-state index in [0.717, 1.165) is 11.3 Å². The molecule has 0 aliphatic carbocycles. The van der Waals surface area contributed by atoms with Gasteiger partial charge in [-0.25, -0.2) is 14.8 Å². The van der Waals surface area contributed by atoms with Crippen LogP contribution >= 0.6 is 22.9 Å². The first-order chi connectivity index (χ1) is 11.5. The quantitative estimate of drug-likeness (QED) is 0.609. The van der Waals surface area contributed by atoms with Gasteiger partial charge in [0.15, 0.2) is 11.7 Å². The number of anilines is 1. The summed E-state index contributed by atoms with van der Waals surface area (Å²) in [6.45, 7) is -0.504. The molecule has 2 aromatic heterocycles. The smallest absolute Gasteiger partial charge is 0.341 e. The summed E-state index contributed by atoms with van der Waals surface area (Å²) >= 11 is 6.90. The first kappa shape index (κ1) is 17.8. The van der Waals surface area contributed by atoms with E-state index in [9.17, 15) is 14.4 Å². The van der Waals surface area contributed by atoms with Crippen LogP contribution in [-0.2, 0) is 25.5 Å². The second-order valence-electron chi connectivity index (χ2n) is 4.36. The summed E-state index contributed by atoms with van der Waals surface area (Å²) in [7, 11) is 1.28. The van der Waals surface area contributed by atoms with Gasteiger partial charge in [-0.15, -0.1) is 11.3 Å². The summed E-state index contributed by atoms with van der Waals surface area (Å²) in [5.41, 5.74) is 0.544. The van der Waals surface area contributed by atoms with E-state index >= 15 is 0 Å². The monoisotopic (exact) mass is 369 g/mol. The molecule has 0 unspecified atom stereocenters. The van der Waals surface area contributed by atoms with E-state index in [-0.39, 0.29) is 22.3 Å². The first-order valence-corrected chi connectivity index (χ1v) is 7.84. The molecule has 1 amide bonds. The molecule has 1 N–H and O–H groups in total. The summed E-state index contributed by atoms with van der Waals surface area (Å²) in [4.78, 5) is 42.5. The highest BCUT2D eigenvalue weighted by molar-refractivity contribution is 7.13. The zero-order chi connectivity index (χ0) is 17.5. The topological polar surface area (TPSA) is 107 Å². The predicted molar refractivity (Wildman–Crippen MR) is 86.0 cm³/mol. The van der Waals surface area contributed by atoms with Crippen LogP contribution in [0.5, 0.6) is 0 Å². The first-order valence-electron chi connectivity index (χ1n) is 6.58. The summed E-state index contributed by atoms with van der Waals surface area (Å²) in [5, 5.41) is 4.37. The number of pyridine rings is 1. The van der Waals surface area contributed by atoms with Crippen LogP contribution < -0.4 is 5.32 Å². The number of nitrogens with one attached hydrogen (secondary N) is 1. The number of hydrogen-bond donors (Lipinski definition) is 1. The van der Waals surface area contributed by atoms with Gasteiger partial charge < -0.3 is 9.47 Å². The normalized spacial score (nSPS) is 10.1. The van der Waals surface area contributed by atoms with Crippen LogP contribution in [0, 0.1) is 0 Å². The molecule has 0 radical (unpaired) electrons. The summed E-state index contributed by atoms with van der Waals surface area (Å²) in [6, 6.07) is 2.97. The number of carbonyl (C=O) groups excluding carboxylic acids is 3. The molecule has 0 fully saturated rings. The van der Waals surface area contributed by atoms with Gasteiger partial charge in [0.1, 0.15) is 5.15 Å². The lowest BCUT2D eigenvalue weighted by Gasteiger charge is -2.05. The predicted octanol–water partition coefficient (Wildman–Crippen LogP) is 1.70. The van der Waals surface area contributed by atoms with E-state index in [2.05, 4.69) is 20.0 Å². The second kappa shape index (κ2) is 8.37. The number of amides is 1. The summed E-state index contributed by atoms with van der Waals surface area (Å²) in [6.07, 6.45) is 1.44. The van der Waals surface area contributed by atoms with Crippen LogP contribution in [0.25, 0.3) is 0 Å². The molecule has 2 rings (SSSR count). The molecular formula is C14H12ClN3O5S. The maximum atomic E-state index is 11.8. The molecule has 0 saturated heterocycles. The van der Waals surface area contributed by atoms with E-state index in [0.29, 0.717) is 5.69 Å². The van der Waals surface area contributed by atoms with Gasteiger partial charge in [-0.3, -0.25) is 14.9 Å². The number of hydrogen-bond acceptors (Lipinski definition) is 8. The molecule has 0 aromatic carbocycles. The molecule has 0 saturated carbocycles. The number of aromatic nitrogens is 2. The standard InChI is InChI=1S/C14H12ClN3O5S/c1-22-11(20)5-8-7-24-14(17-8)18-10(19)6-23-13(21)9-3-2-4-16-12(9)15/h2-4,7H,5-6H2,1H3,(H,17,18,19). The fourth-order valence-corrected chi connectivity index (χ4v) is 2.49. The van der Waals surface area contributed by atoms with Gasteiger partial charge in [0.25, 0.3) is 5.91 Å². The van der Waals surface area contributed by atoms with E-state index < -0.39 is 24.5 Å². The molecule has 2 aromatic rings. The van der Waals surface area contributed by atoms with Crippen molar-refractivity contribution in [2.45, 2.75) is 6.42 Å². The Bertz CT molecular complexity index is 764. The highest BCUT2D eigenvalue weighted by Gasteiger charge is 2.15. The van der Waals surface area contributed by atoms with E-state index in [4.69, 9.17) is 16.3 Å². The molecule has 8 nitrogen and oxygen atoms in total. The van der Waals surface area contributed by atoms with Gasteiger partial charge in [0.05, 0.1) is 24.8 Å². The lowest BCUT2D eigenvalue weighted by atomic mass is 10.3. The SMILES string of the molecule is COC(=O)Cc1csc(NC(=O)COC(=O)c2cccnc2Cl)n1. The molecule has 126 valence electrons. The largest absolute Gasteiger partial charge is 0.469 e. The molecule has 24 heavy (non-hydrogen) atoms. The van der Waals surface area contributed by atoms with Crippen molar-refractivity contribution in [2.75, 3.05) is 19.0 Å². The third-order valence-electron chi connectivity index (χ3n) is 2.66. The van der Waals surface area contributed by atoms with Crippen LogP contribution in [-0.4, -0.2) is 41.5 Å². The molecule has 0 aliphatic heterocycles. The van der Waals surface area contributed by atoms with Crippen LogP contribution in [0.1, 0.15) is 16.1 Å². The Morgan fingerprint density at radius 3 is 2.88 bits per heavy atom. The number of rotatable bonds is 6. The minimum absolute atomic E-state index is 0.00437. The number of thiazole rings is 1. The maximum absolute atomic E-state index is 11.8. The minimum atomic E-state index is -0.756. The van der Waals surface area contributed by atoms with Crippen molar-refractivity contribution in [2.24, 2.45) is 0 Å². The number of esters is 2. The Hall–Kier alpha value is -2.52. The van der Waals surface area contributed by atoms with E-state index in [1.807, 2.05) is 0 Å². The van der Waals surface area contributed by atoms with Gasteiger partial charge in [0, 0.05) is 11.6 Å². The van der Waals surface area contributed by atoms with E-state index in [1.54, 1.807) is 5.38 Å². The zero-order valence-corrected chi connectivity index (χ0v) is 14.0. The van der Waals surface area contributed by atoms with Crippen molar-refractivity contribution >= 4 is 45.9 Å². The van der Waals surface area contributed by atoms with Crippen molar-refractivity contribution in [1.82, 2.24) is 9.97 Å². The lowest BCUT2D eigenvalue weighted by molar-refractivity contribution is -0.139. The van der Waals surface area contributed by atoms with Gasteiger partial charge in [0.2, 0.25) is 0 Å². The summed E-state index contributed by atoms with van der Waals surface area (Å²) in [5.74, 6) is -1.75. The Morgan fingerprint density at radius 2 is 2.17 bits per heavy atom. The number of nitrogens with zero attached hydrogens (tertiary/aromatic N) is 2. The average molecular weight is 370 g/mol. The third-order valence-corrected chi connectivity index (χ3v) is 3.77. The fourth-order valence-electron chi connectivity index (χ4n) is 1.57. The number of carbonyl (C=O) groups is 3. The van der Waals surface area contributed by atoms with Crippen molar-refractivity contribution in [1.29, 1.82) is 0 Å². The van der Waals surface area contributed by atoms with Crippen molar-refractivity contribution in [3.63, 3.8) is 0 Å². The number of methoxy groups -OCH3 is 1. The zero-order valence-electron chi connectivity index (χ0n) is 12.4. The van der Waals surface area contributed by atoms with Gasteiger partial charge in [-0.1, -0.05) is 11.6 Å². The third kappa shape index (κ3) is 5.00. The molecular weight excluding hydrogens is 358 g/mol. The van der Waals surface area contributed by atoms with Gasteiger partial charge in [-0.05, 0) is 12.1 Å². The Labute approximate surface area is 145 Å². The summed E-state index contributed by atoms with van der Waals surface area (Å²) < 4.78 is 9.39. The fraction of sp³-hybridized carbons (Fsp3) is 0.214. The number of ether oxygens (including phenoxy) is 2. The molecule has 10 heteroatoms. The van der Waals surface area contributed by atoms with Crippen LogP contribution in [0.15, 0.2) is 23.7 Å². The van der Waals surface area contributed by atoms with E-state index in [1.165, 1.54) is 25.4 Å². The number of halogens is 1. The lowest BCUT2D eigenvalue weighted by Crippen LogP contribution is -2.21. The highest BCUT2D eigenvalue weighted by atomic mass is 35.5. The van der Waals surface area contributed by atoms with Crippen molar-refractivity contribution in [3.05, 3.63) is 40.1 Å². The van der Waals surface area contributed by atoms with Crippen LogP contribution in [0.4, 0.5) is 5.13 Å². The van der Waals surface area contributed by atoms with Gasteiger partial charge in [-0.2, -0.15) is 0 Å².